The average molecular weight is 341 g/mol. The molecule has 4 rings (SSSR count). The first-order valence-electron chi connectivity index (χ1n) is 8.21. The van der Waals surface area contributed by atoms with Crippen molar-refractivity contribution in [1.29, 1.82) is 0 Å². The molecule has 1 saturated heterocycles. The van der Waals surface area contributed by atoms with Crippen LogP contribution in [0.25, 0.3) is 11.0 Å². The second kappa shape index (κ2) is 6.38. The molecule has 3 heterocycles. The smallest absolute Gasteiger partial charge is 0.336 e. The van der Waals surface area contributed by atoms with Crippen molar-refractivity contribution in [1.82, 2.24) is 25.5 Å². The zero-order valence-corrected chi connectivity index (χ0v) is 14.2. The summed E-state index contributed by atoms with van der Waals surface area (Å²) in [7, 11) is 0. The molecule has 130 valence electrons. The van der Waals surface area contributed by atoms with Gasteiger partial charge >= 0.3 is 5.63 Å². The molecular formula is C17H19N5O3. The first-order valence-corrected chi connectivity index (χ1v) is 8.21. The molecule has 1 atom stereocenters. The fourth-order valence-electron chi connectivity index (χ4n) is 3.36. The Balaban J connectivity index is 1.65. The van der Waals surface area contributed by atoms with E-state index in [0.717, 1.165) is 28.6 Å². The van der Waals surface area contributed by atoms with Gasteiger partial charge in [-0.15, -0.1) is 10.2 Å². The summed E-state index contributed by atoms with van der Waals surface area (Å²) < 4.78 is 11.2. The summed E-state index contributed by atoms with van der Waals surface area (Å²) in [5.41, 5.74) is 3.42. The van der Waals surface area contributed by atoms with Gasteiger partial charge in [0.05, 0.1) is 6.61 Å². The van der Waals surface area contributed by atoms with Gasteiger partial charge in [-0.1, -0.05) is 11.3 Å². The minimum Gasteiger partial charge on any atom is -0.422 e. The molecule has 1 aromatic carbocycles. The van der Waals surface area contributed by atoms with Crippen molar-refractivity contribution in [3.05, 3.63) is 51.1 Å². The number of hydrogen-bond donors (Lipinski definition) is 1. The van der Waals surface area contributed by atoms with Crippen LogP contribution in [-0.2, 0) is 11.3 Å². The first-order chi connectivity index (χ1) is 12.1. The van der Waals surface area contributed by atoms with Crippen molar-refractivity contribution in [2.45, 2.75) is 26.5 Å². The van der Waals surface area contributed by atoms with E-state index in [1.165, 1.54) is 0 Å². The predicted molar refractivity (Wildman–Crippen MR) is 90.1 cm³/mol. The molecule has 1 aliphatic heterocycles. The van der Waals surface area contributed by atoms with E-state index in [0.29, 0.717) is 31.1 Å². The number of tetrazole rings is 1. The number of benzene rings is 1. The van der Waals surface area contributed by atoms with E-state index in [2.05, 4.69) is 31.6 Å². The topological polar surface area (TPSA) is 97.1 Å². The van der Waals surface area contributed by atoms with Gasteiger partial charge in [-0.05, 0) is 36.6 Å². The molecule has 1 fully saturated rings. The number of ether oxygens (including phenoxy) is 1. The van der Waals surface area contributed by atoms with Gasteiger partial charge in [0.15, 0.2) is 0 Å². The van der Waals surface area contributed by atoms with E-state index in [9.17, 15) is 4.79 Å². The Labute approximate surface area is 143 Å². The van der Waals surface area contributed by atoms with Crippen LogP contribution in [0.5, 0.6) is 0 Å². The van der Waals surface area contributed by atoms with E-state index in [1.54, 1.807) is 6.07 Å². The van der Waals surface area contributed by atoms with Crippen LogP contribution in [0.15, 0.2) is 27.4 Å². The zero-order valence-electron chi connectivity index (χ0n) is 14.2. The summed E-state index contributed by atoms with van der Waals surface area (Å²) in [6.45, 7) is 6.65. The molecular weight excluding hydrogens is 322 g/mol. The fourth-order valence-corrected chi connectivity index (χ4v) is 3.36. The van der Waals surface area contributed by atoms with Crippen molar-refractivity contribution in [2.75, 3.05) is 19.7 Å². The van der Waals surface area contributed by atoms with Gasteiger partial charge < -0.3 is 9.15 Å². The minimum absolute atomic E-state index is 0.220. The third kappa shape index (κ3) is 3.18. The Kier molecular flexibility index (Phi) is 4.06. The summed E-state index contributed by atoms with van der Waals surface area (Å²) >= 11 is 0. The number of rotatable bonds is 3. The molecule has 0 saturated carbocycles. The number of H-pyrrole nitrogens is 1. The van der Waals surface area contributed by atoms with E-state index in [-0.39, 0.29) is 11.7 Å². The zero-order chi connectivity index (χ0) is 17.4. The van der Waals surface area contributed by atoms with Gasteiger partial charge in [0.1, 0.15) is 11.7 Å². The molecule has 25 heavy (non-hydrogen) atoms. The molecule has 1 aliphatic rings. The number of nitrogens with one attached hydrogen (secondary N) is 1. The highest BCUT2D eigenvalue weighted by molar-refractivity contribution is 5.83. The van der Waals surface area contributed by atoms with E-state index < -0.39 is 0 Å². The second-order valence-corrected chi connectivity index (χ2v) is 6.41. The van der Waals surface area contributed by atoms with Gasteiger partial charge in [-0.25, -0.2) is 4.79 Å². The second-order valence-electron chi connectivity index (χ2n) is 6.41. The largest absolute Gasteiger partial charge is 0.422 e. The lowest BCUT2D eigenvalue weighted by molar-refractivity contribution is -0.0371. The molecule has 0 spiro atoms. The quantitative estimate of drug-likeness (QED) is 0.721. The van der Waals surface area contributed by atoms with Crippen LogP contribution in [0.4, 0.5) is 0 Å². The standard InChI is InChI=1S/C17H19N5O3/c1-10-5-11(2)16-13(6-10)12(7-15(23)25-16)8-22-3-4-24-14(9-22)17-18-20-21-19-17/h5-7,14H,3-4,8-9H2,1-2H3,(H,18,19,20,21). The summed E-state index contributed by atoms with van der Waals surface area (Å²) in [5, 5.41) is 15.0. The third-order valence-electron chi connectivity index (χ3n) is 4.45. The van der Waals surface area contributed by atoms with Crippen molar-refractivity contribution in [3.63, 3.8) is 0 Å². The van der Waals surface area contributed by atoms with Gasteiger partial charge in [-0.3, -0.25) is 4.90 Å². The molecule has 1 N–H and O–H groups in total. The monoisotopic (exact) mass is 341 g/mol. The Morgan fingerprint density at radius 1 is 1.32 bits per heavy atom. The molecule has 2 aromatic heterocycles. The molecule has 0 aliphatic carbocycles. The van der Waals surface area contributed by atoms with E-state index >= 15 is 0 Å². The number of aromatic nitrogens is 4. The lowest BCUT2D eigenvalue weighted by Crippen LogP contribution is -2.38. The summed E-state index contributed by atoms with van der Waals surface area (Å²) in [4.78, 5) is 14.2. The Morgan fingerprint density at radius 2 is 2.20 bits per heavy atom. The molecule has 0 amide bonds. The molecule has 8 nitrogen and oxygen atoms in total. The van der Waals surface area contributed by atoms with Crippen molar-refractivity contribution >= 4 is 11.0 Å². The third-order valence-corrected chi connectivity index (χ3v) is 4.45. The maximum atomic E-state index is 12.0. The number of aryl methyl sites for hydroxylation is 2. The number of morpholine rings is 1. The highest BCUT2D eigenvalue weighted by Gasteiger charge is 2.25. The first kappa shape index (κ1) is 15.9. The number of aromatic amines is 1. The Hall–Kier alpha value is -2.58. The Bertz CT molecular complexity index is 951. The Morgan fingerprint density at radius 3 is 3.00 bits per heavy atom. The van der Waals surface area contributed by atoms with Crippen LogP contribution in [-0.4, -0.2) is 45.2 Å². The maximum Gasteiger partial charge on any atom is 0.336 e. The summed E-state index contributed by atoms with van der Waals surface area (Å²) in [6, 6.07) is 5.67. The van der Waals surface area contributed by atoms with Crippen LogP contribution in [0.3, 0.4) is 0 Å². The number of hydrogen-bond acceptors (Lipinski definition) is 7. The van der Waals surface area contributed by atoms with Crippen LogP contribution in [0.1, 0.15) is 28.6 Å². The normalized spacial score (nSPS) is 18.7. The van der Waals surface area contributed by atoms with Crippen LogP contribution in [0.2, 0.25) is 0 Å². The molecule has 0 radical (unpaired) electrons. The molecule has 3 aromatic rings. The number of nitrogens with zero attached hydrogens (tertiary/aromatic N) is 4. The van der Waals surface area contributed by atoms with Gasteiger partial charge in [0.2, 0.25) is 5.82 Å². The molecule has 8 heteroatoms. The van der Waals surface area contributed by atoms with Crippen molar-refractivity contribution < 1.29 is 9.15 Å². The molecule has 0 bridgehead atoms. The van der Waals surface area contributed by atoms with Crippen molar-refractivity contribution in [3.8, 4) is 0 Å². The average Bonchev–Trinajstić information content (AvgIpc) is 3.11. The highest BCUT2D eigenvalue weighted by atomic mass is 16.5. The van der Waals surface area contributed by atoms with Gasteiger partial charge in [-0.2, -0.15) is 5.21 Å². The van der Waals surface area contributed by atoms with Crippen molar-refractivity contribution in [2.24, 2.45) is 0 Å². The predicted octanol–water partition coefficient (Wildman–Crippen LogP) is 1.50. The summed E-state index contributed by atoms with van der Waals surface area (Å²) in [5.74, 6) is 0.550. The highest BCUT2D eigenvalue weighted by Crippen LogP contribution is 2.25. The van der Waals surface area contributed by atoms with Crippen LogP contribution in [0, 0.1) is 13.8 Å². The lowest BCUT2D eigenvalue weighted by Gasteiger charge is -2.31. The van der Waals surface area contributed by atoms with Gasteiger partial charge in [0, 0.05) is 31.1 Å². The maximum absolute atomic E-state index is 12.0. The minimum atomic E-state index is -0.322. The van der Waals surface area contributed by atoms with Gasteiger partial charge in [0.25, 0.3) is 0 Å². The lowest BCUT2D eigenvalue weighted by atomic mass is 10.0. The molecule has 1 unspecified atom stereocenters. The SMILES string of the molecule is Cc1cc(C)c2oc(=O)cc(CN3CCOC(c4nn[nH]n4)C3)c2c1. The van der Waals surface area contributed by atoms with Crippen LogP contribution >= 0.6 is 0 Å². The fraction of sp³-hybridized carbons (Fsp3) is 0.412. The van der Waals surface area contributed by atoms with Crippen LogP contribution < -0.4 is 5.63 Å². The van der Waals surface area contributed by atoms with E-state index in [4.69, 9.17) is 9.15 Å². The van der Waals surface area contributed by atoms with E-state index in [1.807, 2.05) is 19.9 Å². The summed E-state index contributed by atoms with van der Waals surface area (Å²) in [6.07, 6.45) is -0.220. The number of fused-ring (bicyclic) bond motifs is 1.